The van der Waals surface area contributed by atoms with E-state index in [1.807, 2.05) is 19.1 Å². The largest absolute Gasteiger partial charge is 0.352 e. The molecule has 1 fully saturated rings. The molecular weight excluding hydrogens is 449 g/mol. The molecule has 3 aromatic rings. The lowest BCUT2D eigenvalue weighted by Gasteiger charge is -2.29. The summed E-state index contributed by atoms with van der Waals surface area (Å²) in [6.07, 6.45) is 5.42. The standard InChI is InChI=1S/C30H31F3O2/c1-3-5-7-22-13-16-26(30(33)29(22)32)21-11-9-20(10-12-21)25-15-14-23(17-27(25)31)24-18-34-28(35-19-24)8-6-4-2/h4,9-17,24,28H,2-3,5-8,18-19H2,1H3. The summed E-state index contributed by atoms with van der Waals surface area (Å²) in [5, 5.41) is 0. The minimum atomic E-state index is -0.842. The van der Waals surface area contributed by atoms with Gasteiger partial charge in [-0.3, -0.25) is 0 Å². The van der Waals surface area contributed by atoms with Crippen LogP contribution < -0.4 is 0 Å². The van der Waals surface area contributed by atoms with Gasteiger partial charge in [0.1, 0.15) is 5.82 Å². The van der Waals surface area contributed by atoms with Gasteiger partial charge in [0, 0.05) is 23.5 Å². The molecule has 0 N–H and O–H groups in total. The summed E-state index contributed by atoms with van der Waals surface area (Å²) in [6, 6.07) is 15.3. The molecule has 1 aliphatic rings. The normalized spacial score (nSPS) is 17.9. The van der Waals surface area contributed by atoms with Gasteiger partial charge < -0.3 is 9.47 Å². The highest BCUT2D eigenvalue weighted by atomic mass is 19.2. The molecule has 1 aliphatic heterocycles. The number of halogens is 3. The van der Waals surface area contributed by atoms with Gasteiger partial charge in [-0.25, -0.2) is 13.2 Å². The van der Waals surface area contributed by atoms with Crippen molar-refractivity contribution in [1.82, 2.24) is 0 Å². The first-order valence-corrected chi connectivity index (χ1v) is 12.2. The zero-order valence-corrected chi connectivity index (χ0v) is 20.0. The fourth-order valence-corrected chi connectivity index (χ4v) is 4.38. The molecule has 3 aromatic carbocycles. The van der Waals surface area contributed by atoms with E-state index in [1.165, 1.54) is 6.07 Å². The molecule has 0 aliphatic carbocycles. The maximum Gasteiger partial charge on any atom is 0.166 e. The Morgan fingerprint density at radius 3 is 2.17 bits per heavy atom. The maximum atomic E-state index is 15.0. The zero-order valence-electron chi connectivity index (χ0n) is 20.0. The number of allylic oxidation sites excluding steroid dienone is 1. The van der Waals surface area contributed by atoms with E-state index in [9.17, 15) is 8.78 Å². The van der Waals surface area contributed by atoms with Gasteiger partial charge in [-0.2, -0.15) is 0 Å². The van der Waals surface area contributed by atoms with Gasteiger partial charge in [0.25, 0.3) is 0 Å². The van der Waals surface area contributed by atoms with Crippen molar-refractivity contribution >= 4 is 0 Å². The molecule has 0 saturated carbocycles. The first kappa shape index (κ1) is 25.2. The summed E-state index contributed by atoms with van der Waals surface area (Å²) in [5.41, 5.74) is 3.08. The van der Waals surface area contributed by atoms with Crippen molar-refractivity contribution < 1.29 is 22.6 Å². The third-order valence-corrected chi connectivity index (χ3v) is 6.51. The zero-order chi connectivity index (χ0) is 24.8. The van der Waals surface area contributed by atoms with Crippen molar-refractivity contribution in [3.05, 3.63) is 95.8 Å². The van der Waals surface area contributed by atoms with Crippen molar-refractivity contribution in [2.24, 2.45) is 0 Å². The summed E-state index contributed by atoms with van der Waals surface area (Å²) in [7, 11) is 0. The van der Waals surface area contributed by atoms with E-state index in [2.05, 4.69) is 6.58 Å². The van der Waals surface area contributed by atoms with Crippen molar-refractivity contribution in [2.45, 2.75) is 51.2 Å². The Morgan fingerprint density at radius 1 is 0.886 bits per heavy atom. The Morgan fingerprint density at radius 2 is 1.54 bits per heavy atom. The lowest BCUT2D eigenvalue weighted by molar-refractivity contribution is -0.189. The average molecular weight is 481 g/mol. The van der Waals surface area contributed by atoms with Crippen LogP contribution in [0.2, 0.25) is 0 Å². The van der Waals surface area contributed by atoms with Gasteiger partial charge >= 0.3 is 0 Å². The molecule has 0 bridgehead atoms. The first-order valence-electron chi connectivity index (χ1n) is 12.2. The molecule has 0 unspecified atom stereocenters. The highest BCUT2D eigenvalue weighted by molar-refractivity contribution is 5.71. The molecule has 0 amide bonds. The van der Waals surface area contributed by atoms with Gasteiger partial charge in [-0.15, -0.1) is 6.58 Å². The third kappa shape index (κ3) is 5.85. The third-order valence-electron chi connectivity index (χ3n) is 6.51. The minimum Gasteiger partial charge on any atom is -0.352 e. The fraction of sp³-hybridized carbons (Fsp3) is 0.333. The van der Waals surface area contributed by atoms with Crippen LogP contribution in [0.1, 0.15) is 49.7 Å². The quantitative estimate of drug-likeness (QED) is 0.287. The summed E-state index contributed by atoms with van der Waals surface area (Å²) in [6.45, 7) is 6.68. The van der Waals surface area contributed by atoms with Crippen LogP contribution in [0.3, 0.4) is 0 Å². The van der Waals surface area contributed by atoms with Crippen LogP contribution in [-0.4, -0.2) is 19.5 Å². The number of benzene rings is 3. The second-order valence-electron chi connectivity index (χ2n) is 8.98. The van der Waals surface area contributed by atoms with Gasteiger partial charge in [0.05, 0.1) is 13.2 Å². The highest BCUT2D eigenvalue weighted by Crippen LogP contribution is 2.32. The predicted molar refractivity (Wildman–Crippen MR) is 134 cm³/mol. The van der Waals surface area contributed by atoms with E-state index in [1.54, 1.807) is 42.5 Å². The van der Waals surface area contributed by atoms with E-state index in [0.29, 0.717) is 41.9 Å². The summed E-state index contributed by atoms with van der Waals surface area (Å²) >= 11 is 0. The van der Waals surface area contributed by atoms with Crippen LogP contribution in [0.4, 0.5) is 13.2 Å². The number of hydrogen-bond donors (Lipinski definition) is 0. The molecule has 5 heteroatoms. The van der Waals surface area contributed by atoms with E-state index in [4.69, 9.17) is 9.47 Å². The van der Waals surface area contributed by atoms with Crippen molar-refractivity contribution in [1.29, 1.82) is 0 Å². The smallest absolute Gasteiger partial charge is 0.166 e. The van der Waals surface area contributed by atoms with E-state index < -0.39 is 11.6 Å². The second-order valence-corrected chi connectivity index (χ2v) is 8.98. The molecule has 1 heterocycles. The summed E-state index contributed by atoms with van der Waals surface area (Å²) < 4.78 is 55.7. The van der Waals surface area contributed by atoms with Gasteiger partial charge in [0.15, 0.2) is 17.9 Å². The van der Waals surface area contributed by atoms with Crippen molar-refractivity contribution in [2.75, 3.05) is 13.2 Å². The second kappa shape index (κ2) is 11.7. The molecule has 0 atom stereocenters. The van der Waals surface area contributed by atoms with Crippen LogP contribution in [0.15, 0.2) is 67.3 Å². The molecular formula is C30H31F3O2. The molecule has 4 rings (SSSR count). The van der Waals surface area contributed by atoms with Crippen LogP contribution in [0.25, 0.3) is 22.3 Å². The van der Waals surface area contributed by atoms with Crippen LogP contribution in [0, 0.1) is 17.5 Å². The van der Waals surface area contributed by atoms with Gasteiger partial charge in [-0.1, -0.05) is 68.0 Å². The molecule has 184 valence electrons. The van der Waals surface area contributed by atoms with Gasteiger partial charge in [-0.05, 0) is 47.6 Å². The van der Waals surface area contributed by atoms with Crippen LogP contribution >= 0.6 is 0 Å². The maximum absolute atomic E-state index is 15.0. The minimum absolute atomic E-state index is 0.0286. The lowest BCUT2D eigenvalue weighted by Crippen LogP contribution is -2.30. The topological polar surface area (TPSA) is 18.5 Å². The first-order chi connectivity index (χ1) is 17.0. The molecule has 0 spiro atoms. The number of hydrogen-bond acceptors (Lipinski definition) is 2. The van der Waals surface area contributed by atoms with Crippen LogP contribution in [-0.2, 0) is 15.9 Å². The number of aryl methyl sites for hydroxylation is 1. The Bertz CT molecular complexity index is 1150. The Hall–Kier alpha value is -2.89. The Balaban J connectivity index is 1.47. The van der Waals surface area contributed by atoms with Gasteiger partial charge in [0.2, 0.25) is 0 Å². The summed E-state index contributed by atoms with van der Waals surface area (Å²) in [5.74, 6) is -2.00. The molecule has 35 heavy (non-hydrogen) atoms. The average Bonchev–Trinajstić information content (AvgIpc) is 2.89. The van der Waals surface area contributed by atoms with E-state index in [-0.39, 0.29) is 23.6 Å². The fourth-order valence-electron chi connectivity index (χ4n) is 4.38. The number of unbranched alkanes of at least 4 members (excludes halogenated alkanes) is 1. The summed E-state index contributed by atoms with van der Waals surface area (Å²) in [4.78, 5) is 0. The Labute approximate surface area is 205 Å². The van der Waals surface area contributed by atoms with E-state index in [0.717, 1.165) is 31.2 Å². The molecule has 0 aromatic heterocycles. The van der Waals surface area contributed by atoms with Crippen molar-refractivity contribution in [3.8, 4) is 22.3 Å². The monoisotopic (exact) mass is 480 g/mol. The SMILES string of the molecule is C=CCCC1OCC(c2ccc(-c3ccc(-c4ccc(CCCC)c(F)c4F)cc3)c(F)c2)CO1. The van der Waals surface area contributed by atoms with E-state index >= 15 is 4.39 Å². The van der Waals surface area contributed by atoms with Crippen molar-refractivity contribution in [3.63, 3.8) is 0 Å². The molecule has 2 nitrogen and oxygen atoms in total. The molecule has 0 radical (unpaired) electrons. The van der Waals surface area contributed by atoms with Crippen LogP contribution in [0.5, 0.6) is 0 Å². The lowest BCUT2D eigenvalue weighted by atomic mass is 9.94. The highest BCUT2D eigenvalue weighted by Gasteiger charge is 2.24. The Kier molecular flexibility index (Phi) is 8.42. The molecule has 1 saturated heterocycles. The number of ether oxygens (including phenoxy) is 2. The number of rotatable bonds is 9. The predicted octanol–water partition coefficient (Wildman–Crippen LogP) is 8.20.